The van der Waals surface area contributed by atoms with Crippen LogP contribution in [0.2, 0.25) is 0 Å². The minimum Gasteiger partial charge on any atom is -0.477 e. The second-order valence-corrected chi connectivity index (χ2v) is 4.24. The Balaban J connectivity index is 2.12. The molecule has 0 bridgehead atoms. The van der Waals surface area contributed by atoms with Gasteiger partial charge in [-0.25, -0.2) is 4.98 Å². The topological polar surface area (TPSA) is 60.7 Å². The summed E-state index contributed by atoms with van der Waals surface area (Å²) in [5.74, 6) is 0.251. The Kier molecular flexibility index (Phi) is 1.53. The number of hydrogen-bond acceptors (Lipinski definition) is 4. The van der Waals surface area contributed by atoms with Gasteiger partial charge in [-0.15, -0.1) is 0 Å². The summed E-state index contributed by atoms with van der Waals surface area (Å²) < 4.78 is 7.24. The quantitative estimate of drug-likeness (QED) is 0.684. The summed E-state index contributed by atoms with van der Waals surface area (Å²) in [6.07, 6.45) is 2.61. The van der Waals surface area contributed by atoms with Crippen LogP contribution >= 0.6 is 0 Å². The highest BCUT2D eigenvalue weighted by Crippen LogP contribution is 2.40. The van der Waals surface area contributed by atoms with Gasteiger partial charge in [0.15, 0.2) is 11.3 Å². The van der Waals surface area contributed by atoms with E-state index < -0.39 is 0 Å². The van der Waals surface area contributed by atoms with Gasteiger partial charge >= 0.3 is 0 Å². The Labute approximate surface area is 101 Å². The van der Waals surface area contributed by atoms with Crippen molar-refractivity contribution in [2.45, 2.75) is 6.92 Å². The Morgan fingerprint density at radius 2 is 2.00 bits per heavy atom. The SMILES string of the molecule is CCOc1c2nc2c2cc3c(n12)C(=O)C=CC3=O. The lowest BCUT2D eigenvalue weighted by molar-refractivity contribution is 0.0990. The van der Waals surface area contributed by atoms with E-state index in [0.29, 0.717) is 23.7 Å². The first-order valence-electron chi connectivity index (χ1n) is 5.71. The largest absolute Gasteiger partial charge is 0.477 e. The van der Waals surface area contributed by atoms with E-state index in [4.69, 9.17) is 4.74 Å². The second-order valence-electron chi connectivity index (χ2n) is 4.24. The van der Waals surface area contributed by atoms with Crippen LogP contribution in [0.15, 0.2) is 18.2 Å². The van der Waals surface area contributed by atoms with Gasteiger partial charge in [0, 0.05) is 0 Å². The molecule has 5 nitrogen and oxygen atoms in total. The molecular formula is C13H8N2O3. The van der Waals surface area contributed by atoms with Crippen molar-refractivity contribution in [1.29, 1.82) is 0 Å². The lowest BCUT2D eigenvalue weighted by Crippen LogP contribution is -2.12. The van der Waals surface area contributed by atoms with E-state index in [0.717, 1.165) is 16.6 Å². The zero-order valence-electron chi connectivity index (χ0n) is 9.56. The Bertz CT molecular complexity index is 828. The summed E-state index contributed by atoms with van der Waals surface area (Å²) in [7, 11) is 0. The molecule has 88 valence electrons. The van der Waals surface area contributed by atoms with Gasteiger partial charge in [-0.1, -0.05) is 0 Å². The van der Waals surface area contributed by atoms with Gasteiger partial charge in [-0.3, -0.25) is 14.0 Å². The zero-order chi connectivity index (χ0) is 12.4. The molecule has 0 N–H and O–H groups in total. The molecule has 0 saturated carbocycles. The molecular weight excluding hydrogens is 232 g/mol. The normalized spacial score (nSPS) is 15.2. The van der Waals surface area contributed by atoms with E-state index in [1.54, 1.807) is 10.5 Å². The summed E-state index contributed by atoms with van der Waals surface area (Å²) in [4.78, 5) is 27.9. The molecule has 3 aromatic heterocycles. The average Bonchev–Trinajstić information content (AvgIpc) is 2.94. The number of ketones is 2. The minimum atomic E-state index is -0.171. The van der Waals surface area contributed by atoms with Crippen molar-refractivity contribution >= 4 is 28.1 Å². The maximum atomic E-state index is 11.9. The molecule has 3 aromatic rings. The maximum Gasteiger partial charge on any atom is 0.227 e. The van der Waals surface area contributed by atoms with Crippen molar-refractivity contribution in [1.82, 2.24) is 9.38 Å². The first-order chi connectivity index (χ1) is 8.72. The van der Waals surface area contributed by atoms with Gasteiger partial charge in [0.25, 0.3) is 0 Å². The number of rotatable bonds is 2. The molecule has 0 atom stereocenters. The second kappa shape index (κ2) is 2.87. The predicted octanol–water partition coefficient (Wildman–Crippen LogP) is 1.70. The number of carbonyl (C=O) groups is 2. The number of carbonyl (C=O) groups excluding carboxylic acids is 2. The van der Waals surface area contributed by atoms with E-state index in [-0.39, 0.29) is 11.6 Å². The van der Waals surface area contributed by atoms with Crippen molar-refractivity contribution in [2.75, 3.05) is 6.61 Å². The molecule has 0 unspecified atom stereocenters. The van der Waals surface area contributed by atoms with Gasteiger partial charge in [0.2, 0.25) is 11.7 Å². The highest BCUT2D eigenvalue weighted by Gasteiger charge is 2.31. The van der Waals surface area contributed by atoms with E-state index in [1.165, 1.54) is 12.2 Å². The van der Waals surface area contributed by atoms with Crippen molar-refractivity contribution in [3.05, 3.63) is 29.5 Å². The molecule has 0 amide bonds. The highest BCUT2D eigenvalue weighted by molar-refractivity contribution is 6.24. The summed E-state index contributed by atoms with van der Waals surface area (Å²) in [5.41, 5.74) is 3.23. The summed E-state index contributed by atoms with van der Waals surface area (Å²) in [6.45, 7) is 2.36. The molecule has 0 spiro atoms. The van der Waals surface area contributed by atoms with Gasteiger partial charge in [0.05, 0.1) is 17.7 Å². The van der Waals surface area contributed by atoms with Gasteiger partial charge in [-0.2, -0.15) is 0 Å². The number of ether oxygens (including phenoxy) is 1. The molecule has 3 heterocycles. The molecule has 1 aliphatic rings. The summed E-state index contributed by atoms with van der Waals surface area (Å²) in [5, 5.41) is 0. The fourth-order valence-electron chi connectivity index (χ4n) is 2.43. The first kappa shape index (κ1) is 9.58. The Morgan fingerprint density at radius 3 is 2.78 bits per heavy atom. The van der Waals surface area contributed by atoms with Crippen LogP contribution in [0.4, 0.5) is 0 Å². The van der Waals surface area contributed by atoms with Gasteiger partial charge in [-0.05, 0) is 25.1 Å². The molecule has 18 heavy (non-hydrogen) atoms. The zero-order valence-corrected chi connectivity index (χ0v) is 9.56. The van der Waals surface area contributed by atoms with Crippen LogP contribution in [0, 0.1) is 0 Å². The number of nitrogens with zero attached hydrogens (tertiary/aromatic N) is 2. The third-order valence-corrected chi connectivity index (χ3v) is 3.21. The fraction of sp³-hybridized carbons (Fsp3) is 0.154. The van der Waals surface area contributed by atoms with Crippen LogP contribution in [-0.2, 0) is 0 Å². The van der Waals surface area contributed by atoms with Crippen LogP contribution in [-0.4, -0.2) is 27.6 Å². The van der Waals surface area contributed by atoms with Gasteiger partial charge in [0.1, 0.15) is 11.2 Å². The fourth-order valence-corrected chi connectivity index (χ4v) is 2.43. The summed E-state index contributed by atoms with van der Waals surface area (Å²) >= 11 is 0. The van der Waals surface area contributed by atoms with Crippen LogP contribution in [0.3, 0.4) is 0 Å². The van der Waals surface area contributed by atoms with E-state index in [9.17, 15) is 9.59 Å². The molecule has 0 radical (unpaired) electrons. The van der Waals surface area contributed by atoms with Crippen LogP contribution in [0.5, 0.6) is 5.88 Å². The predicted molar refractivity (Wildman–Crippen MR) is 64.0 cm³/mol. The maximum absolute atomic E-state index is 11.9. The third-order valence-electron chi connectivity index (χ3n) is 3.21. The van der Waals surface area contributed by atoms with E-state index >= 15 is 0 Å². The van der Waals surface area contributed by atoms with Crippen LogP contribution in [0.25, 0.3) is 16.6 Å². The van der Waals surface area contributed by atoms with Crippen molar-refractivity contribution in [3.63, 3.8) is 0 Å². The Morgan fingerprint density at radius 1 is 1.22 bits per heavy atom. The first-order valence-corrected chi connectivity index (χ1v) is 5.71. The Hall–Kier alpha value is -2.43. The molecule has 5 heteroatoms. The number of fused-ring (bicyclic) bond motifs is 5. The highest BCUT2D eigenvalue weighted by atomic mass is 16.5. The standard InChI is InChI=1S/C13H8N2O3/c1-2-18-13-11-10(14-11)7-5-6-8(16)3-4-9(17)12(6)15(7)13/h3-5H,2H2,1H3. The molecule has 0 aromatic carbocycles. The minimum absolute atomic E-state index is 0.148. The molecule has 4 rings (SSSR count). The lowest BCUT2D eigenvalue weighted by Gasteiger charge is -2.07. The number of hydrogen-bond donors (Lipinski definition) is 0. The van der Waals surface area contributed by atoms with Gasteiger partial charge < -0.3 is 4.74 Å². The number of aromatic nitrogens is 2. The number of allylic oxidation sites excluding steroid dienone is 2. The van der Waals surface area contributed by atoms with Crippen LogP contribution in [0.1, 0.15) is 27.8 Å². The molecule has 1 aliphatic carbocycles. The van der Waals surface area contributed by atoms with Crippen LogP contribution < -0.4 is 4.74 Å². The van der Waals surface area contributed by atoms with Crippen molar-refractivity contribution in [3.8, 4) is 5.88 Å². The molecule has 0 fully saturated rings. The third kappa shape index (κ3) is 0.948. The lowest BCUT2D eigenvalue weighted by atomic mass is 10.0. The van der Waals surface area contributed by atoms with E-state index in [2.05, 4.69) is 4.98 Å². The van der Waals surface area contributed by atoms with E-state index in [1.807, 2.05) is 6.92 Å². The van der Waals surface area contributed by atoms with Crippen molar-refractivity contribution < 1.29 is 14.3 Å². The smallest absolute Gasteiger partial charge is 0.227 e. The molecule has 0 saturated heterocycles. The molecule has 0 aliphatic heterocycles. The average molecular weight is 240 g/mol. The monoisotopic (exact) mass is 240 g/mol. The summed E-state index contributed by atoms with van der Waals surface area (Å²) in [6, 6.07) is 1.72. The van der Waals surface area contributed by atoms with Crippen molar-refractivity contribution in [2.24, 2.45) is 0 Å².